The molecule has 4 rings (SSSR count). The van der Waals surface area contributed by atoms with Gasteiger partial charge in [-0.05, 0) is 48.1 Å². The summed E-state index contributed by atoms with van der Waals surface area (Å²) < 4.78 is 11.2. The van der Waals surface area contributed by atoms with Crippen LogP contribution in [0.1, 0.15) is 22.8 Å². The highest BCUT2D eigenvalue weighted by atomic mass is 35.5. The number of benzene rings is 1. The second-order valence-corrected chi connectivity index (χ2v) is 8.12. The molecule has 0 bridgehead atoms. The Balaban J connectivity index is 1.40. The fourth-order valence-electron chi connectivity index (χ4n) is 3.05. The molecule has 3 heterocycles. The summed E-state index contributed by atoms with van der Waals surface area (Å²) in [5, 5.41) is 12.2. The van der Waals surface area contributed by atoms with Crippen molar-refractivity contribution in [3.63, 3.8) is 0 Å². The van der Waals surface area contributed by atoms with Crippen molar-refractivity contribution in [1.82, 2.24) is 15.2 Å². The van der Waals surface area contributed by atoms with Gasteiger partial charge in [0.25, 0.3) is 11.1 Å². The van der Waals surface area contributed by atoms with E-state index in [1.165, 1.54) is 0 Å². The zero-order valence-electron chi connectivity index (χ0n) is 16.2. The van der Waals surface area contributed by atoms with Crippen molar-refractivity contribution in [2.45, 2.75) is 19.6 Å². The summed E-state index contributed by atoms with van der Waals surface area (Å²) in [5.74, 6) is 0.339. The van der Waals surface area contributed by atoms with Crippen LogP contribution >= 0.6 is 22.9 Å². The SMILES string of the molecule is C[C@@H]1CN(c2ncccc2C(=O)Nc2nnc(OCc3ccc(Cl)cc3)s2)CCO1. The predicted octanol–water partition coefficient (Wildman–Crippen LogP) is 3.64. The van der Waals surface area contributed by atoms with Gasteiger partial charge in [-0.1, -0.05) is 28.8 Å². The van der Waals surface area contributed by atoms with Crippen molar-refractivity contribution >= 4 is 39.8 Å². The van der Waals surface area contributed by atoms with Crippen LogP contribution in [0.2, 0.25) is 5.02 Å². The molecule has 30 heavy (non-hydrogen) atoms. The second kappa shape index (κ2) is 9.38. The predicted molar refractivity (Wildman–Crippen MR) is 116 cm³/mol. The number of halogens is 1. The Morgan fingerprint density at radius 1 is 1.33 bits per heavy atom. The van der Waals surface area contributed by atoms with Crippen LogP contribution in [0.5, 0.6) is 5.19 Å². The molecule has 156 valence electrons. The highest BCUT2D eigenvalue weighted by molar-refractivity contribution is 7.17. The van der Waals surface area contributed by atoms with E-state index in [2.05, 4.69) is 25.4 Å². The molecule has 2 aromatic heterocycles. The van der Waals surface area contributed by atoms with E-state index < -0.39 is 0 Å². The maximum absolute atomic E-state index is 12.9. The highest BCUT2D eigenvalue weighted by Gasteiger charge is 2.23. The molecule has 1 fully saturated rings. The van der Waals surface area contributed by atoms with Crippen LogP contribution in [0.4, 0.5) is 10.9 Å². The highest BCUT2D eigenvalue weighted by Crippen LogP contribution is 2.26. The Bertz CT molecular complexity index is 1010. The van der Waals surface area contributed by atoms with Crippen LogP contribution in [0, 0.1) is 0 Å². The number of nitrogens with one attached hydrogen (secondary N) is 1. The fourth-order valence-corrected chi connectivity index (χ4v) is 3.76. The summed E-state index contributed by atoms with van der Waals surface area (Å²) in [7, 11) is 0. The monoisotopic (exact) mass is 445 g/mol. The minimum atomic E-state index is -0.294. The van der Waals surface area contributed by atoms with Crippen LogP contribution in [0.15, 0.2) is 42.6 Å². The standard InChI is InChI=1S/C20H20ClN5O3S/c1-13-11-26(9-10-28-13)17-16(3-2-8-22-17)18(27)23-19-24-25-20(30-19)29-12-14-4-6-15(21)7-5-14/h2-8,13H,9-12H2,1H3,(H,23,24,27)/t13-/m1/s1. The molecule has 1 aliphatic rings. The summed E-state index contributed by atoms with van der Waals surface area (Å²) in [6.45, 7) is 4.30. The molecule has 8 nitrogen and oxygen atoms in total. The topological polar surface area (TPSA) is 89.5 Å². The average molecular weight is 446 g/mol. The van der Waals surface area contributed by atoms with E-state index in [4.69, 9.17) is 21.1 Å². The molecule has 1 aliphatic heterocycles. The normalized spacial score (nSPS) is 16.3. The molecule has 1 atom stereocenters. The Kier molecular flexibility index (Phi) is 6.41. The maximum Gasteiger partial charge on any atom is 0.296 e. The number of rotatable bonds is 6. The van der Waals surface area contributed by atoms with E-state index in [0.29, 0.717) is 53.0 Å². The number of pyridine rings is 1. The summed E-state index contributed by atoms with van der Waals surface area (Å²) in [6, 6.07) is 10.8. The van der Waals surface area contributed by atoms with Crippen molar-refractivity contribution in [2.75, 3.05) is 29.9 Å². The zero-order valence-corrected chi connectivity index (χ0v) is 17.8. The van der Waals surface area contributed by atoms with Gasteiger partial charge in [0.2, 0.25) is 5.13 Å². The molecule has 1 amide bonds. The van der Waals surface area contributed by atoms with E-state index in [1.807, 2.05) is 19.1 Å². The van der Waals surface area contributed by atoms with Gasteiger partial charge in [0, 0.05) is 24.3 Å². The largest absolute Gasteiger partial charge is 0.464 e. The first-order valence-electron chi connectivity index (χ1n) is 9.42. The third kappa shape index (κ3) is 5.05. The van der Waals surface area contributed by atoms with Gasteiger partial charge in [0.1, 0.15) is 12.4 Å². The van der Waals surface area contributed by atoms with Gasteiger partial charge in [-0.15, -0.1) is 5.10 Å². The summed E-state index contributed by atoms with van der Waals surface area (Å²) in [5.41, 5.74) is 1.44. The van der Waals surface area contributed by atoms with Gasteiger partial charge in [-0.2, -0.15) is 0 Å². The number of ether oxygens (including phenoxy) is 2. The van der Waals surface area contributed by atoms with E-state index >= 15 is 0 Å². The molecule has 0 unspecified atom stereocenters. The molecule has 1 saturated heterocycles. The number of amides is 1. The first-order chi connectivity index (χ1) is 14.6. The molecule has 3 aromatic rings. The van der Waals surface area contributed by atoms with Crippen molar-refractivity contribution in [3.8, 4) is 5.19 Å². The first kappa shape index (κ1) is 20.5. The first-order valence-corrected chi connectivity index (χ1v) is 10.6. The van der Waals surface area contributed by atoms with E-state index in [0.717, 1.165) is 16.9 Å². The minimum absolute atomic E-state index is 0.0835. The Hall–Kier alpha value is -2.75. The number of carbonyl (C=O) groups is 1. The molecule has 0 saturated carbocycles. The smallest absolute Gasteiger partial charge is 0.296 e. The minimum Gasteiger partial charge on any atom is -0.464 e. The van der Waals surface area contributed by atoms with Crippen molar-refractivity contribution in [2.24, 2.45) is 0 Å². The molecule has 0 aliphatic carbocycles. The van der Waals surface area contributed by atoms with Crippen LogP contribution in [-0.4, -0.2) is 46.9 Å². The number of carbonyl (C=O) groups excluding carboxylic acids is 1. The van der Waals surface area contributed by atoms with E-state index in [9.17, 15) is 4.79 Å². The Morgan fingerprint density at radius 2 is 2.17 bits per heavy atom. The van der Waals surface area contributed by atoms with Crippen LogP contribution < -0.4 is 15.0 Å². The van der Waals surface area contributed by atoms with Gasteiger partial charge >= 0.3 is 0 Å². The molecular weight excluding hydrogens is 426 g/mol. The summed E-state index contributed by atoms with van der Waals surface area (Å²) in [6.07, 6.45) is 1.76. The van der Waals surface area contributed by atoms with Gasteiger partial charge in [0.05, 0.1) is 18.3 Å². The van der Waals surface area contributed by atoms with Crippen molar-refractivity contribution in [3.05, 3.63) is 58.7 Å². The van der Waals surface area contributed by atoms with Gasteiger partial charge in [0.15, 0.2) is 0 Å². The zero-order chi connectivity index (χ0) is 20.9. The number of aromatic nitrogens is 3. The van der Waals surface area contributed by atoms with E-state index in [-0.39, 0.29) is 12.0 Å². The molecule has 0 radical (unpaired) electrons. The van der Waals surface area contributed by atoms with Gasteiger partial charge < -0.3 is 14.4 Å². The third-order valence-electron chi connectivity index (χ3n) is 4.47. The maximum atomic E-state index is 12.9. The molecule has 10 heteroatoms. The number of hydrogen-bond acceptors (Lipinski definition) is 8. The van der Waals surface area contributed by atoms with Gasteiger partial charge in [-0.25, -0.2) is 4.98 Å². The Labute approximate surface area is 182 Å². The lowest BCUT2D eigenvalue weighted by Crippen LogP contribution is -2.42. The van der Waals surface area contributed by atoms with Crippen molar-refractivity contribution in [1.29, 1.82) is 0 Å². The van der Waals surface area contributed by atoms with Crippen LogP contribution in [0.25, 0.3) is 0 Å². The van der Waals surface area contributed by atoms with Gasteiger partial charge in [-0.3, -0.25) is 10.1 Å². The number of anilines is 2. The van der Waals surface area contributed by atoms with Crippen molar-refractivity contribution < 1.29 is 14.3 Å². The lowest BCUT2D eigenvalue weighted by atomic mass is 10.2. The number of nitrogens with zero attached hydrogens (tertiary/aromatic N) is 4. The third-order valence-corrected chi connectivity index (χ3v) is 5.48. The quantitative estimate of drug-likeness (QED) is 0.619. The average Bonchev–Trinajstić information content (AvgIpc) is 3.20. The molecule has 0 spiro atoms. The second-order valence-electron chi connectivity index (χ2n) is 6.74. The van der Waals surface area contributed by atoms with E-state index in [1.54, 1.807) is 30.5 Å². The molecular formula is C20H20ClN5O3S. The number of morpholine rings is 1. The molecule has 1 aromatic carbocycles. The lowest BCUT2D eigenvalue weighted by Gasteiger charge is -2.32. The van der Waals surface area contributed by atoms with Crippen LogP contribution in [0.3, 0.4) is 0 Å². The molecule has 1 N–H and O–H groups in total. The summed E-state index contributed by atoms with van der Waals surface area (Å²) >= 11 is 7.05. The summed E-state index contributed by atoms with van der Waals surface area (Å²) in [4.78, 5) is 19.3. The number of hydrogen-bond donors (Lipinski definition) is 1. The fraction of sp³-hybridized carbons (Fsp3) is 0.300. The Morgan fingerprint density at radius 3 is 2.97 bits per heavy atom. The van der Waals surface area contributed by atoms with Crippen LogP contribution in [-0.2, 0) is 11.3 Å². The lowest BCUT2D eigenvalue weighted by molar-refractivity contribution is 0.0528.